The summed E-state index contributed by atoms with van der Waals surface area (Å²) >= 11 is -1.74. The van der Waals surface area contributed by atoms with Crippen LogP contribution >= 0.6 is 0 Å². The van der Waals surface area contributed by atoms with Gasteiger partial charge >= 0.3 is 107 Å². The molecule has 0 amide bonds. The van der Waals surface area contributed by atoms with Crippen LogP contribution in [0.1, 0.15) is 64.2 Å². The van der Waals surface area contributed by atoms with Crippen molar-refractivity contribution in [3.63, 3.8) is 0 Å². The van der Waals surface area contributed by atoms with Crippen LogP contribution in [-0.2, 0) is 0 Å². The van der Waals surface area contributed by atoms with Crippen LogP contribution in [0.5, 0.6) is 0 Å². The molecule has 0 N–H and O–H groups in total. The first-order valence-electron chi connectivity index (χ1n) is 7.30. The van der Waals surface area contributed by atoms with Crippen LogP contribution in [0.2, 0.25) is 14.8 Å². The zero-order valence-electron chi connectivity index (χ0n) is 11.6. The zero-order chi connectivity index (χ0) is 11.9. The molecule has 94 valence electrons. The third-order valence-corrected chi connectivity index (χ3v) is 10.5. The molecule has 16 heavy (non-hydrogen) atoms. The minimum absolute atomic E-state index is 1.36. The Balaban J connectivity index is 2.50. The molecule has 0 aromatic rings. The molecule has 1 rings (SSSR count). The van der Waals surface area contributed by atoms with Crippen molar-refractivity contribution in [3.8, 4) is 0 Å². The molecular weight excluding hydrogens is 299 g/mol. The van der Waals surface area contributed by atoms with E-state index in [4.69, 9.17) is 0 Å². The topological polar surface area (TPSA) is 0 Å². The third-order valence-electron chi connectivity index (χ3n) is 3.75. The van der Waals surface area contributed by atoms with Gasteiger partial charge in [-0.3, -0.25) is 0 Å². The van der Waals surface area contributed by atoms with Crippen molar-refractivity contribution in [1.82, 2.24) is 0 Å². The first-order chi connectivity index (χ1) is 7.61. The minimum atomic E-state index is -1.74. The molecule has 1 aliphatic carbocycles. The second-order valence-electron chi connectivity index (χ2n) is 6.35. The molecule has 0 unspecified atom stereocenters. The van der Waals surface area contributed by atoms with E-state index in [2.05, 4.69) is 20.9 Å². The first kappa shape index (κ1) is 14.6. The average molecular weight is 329 g/mol. The maximum atomic E-state index is 2.64. The second kappa shape index (κ2) is 7.79. The summed E-state index contributed by atoms with van der Waals surface area (Å²) in [6.07, 6.45) is 17.2. The van der Waals surface area contributed by atoms with Gasteiger partial charge in [-0.15, -0.1) is 0 Å². The van der Waals surface area contributed by atoms with Crippen LogP contribution in [-0.4, -0.2) is 18.4 Å². The number of hydrogen-bond acceptors (Lipinski definition) is 0. The Morgan fingerprint density at radius 1 is 0.750 bits per heavy atom. The number of allylic oxidation sites excluding steroid dienone is 2. The van der Waals surface area contributed by atoms with Crippen molar-refractivity contribution < 1.29 is 0 Å². The van der Waals surface area contributed by atoms with Gasteiger partial charge in [-0.05, 0) is 0 Å². The van der Waals surface area contributed by atoms with Gasteiger partial charge < -0.3 is 0 Å². The fraction of sp³-hybridized carbons (Fsp3) is 0.867. The van der Waals surface area contributed by atoms with E-state index in [-0.39, 0.29) is 0 Å². The second-order valence-corrected chi connectivity index (χ2v) is 21.0. The van der Waals surface area contributed by atoms with Crippen LogP contribution in [0, 0.1) is 0 Å². The van der Waals surface area contributed by atoms with E-state index in [9.17, 15) is 0 Å². The Morgan fingerprint density at radius 3 is 1.81 bits per heavy atom. The van der Waals surface area contributed by atoms with Crippen molar-refractivity contribution in [2.75, 3.05) is 0 Å². The molecule has 0 bridgehead atoms. The van der Waals surface area contributed by atoms with Gasteiger partial charge in [0, 0.05) is 0 Å². The van der Waals surface area contributed by atoms with Crippen molar-refractivity contribution >= 4 is 18.4 Å². The summed E-state index contributed by atoms with van der Waals surface area (Å²) in [4.78, 5) is 7.73. The van der Waals surface area contributed by atoms with E-state index in [1.165, 1.54) is 64.2 Å². The summed E-state index contributed by atoms with van der Waals surface area (Å²) in [5.41, 5.74) is 0. The van der Waals surface area contributed by atoms with E-state index in [1.807, 2.05) is 3.59 Å². The van der Waals surface area contributed by atoms with E-state index in [1.54, 1.807) is 0 Å². The average Bonchev–Trinajstić information content (AvgIpc) is 2.16. The quantitative estimate of drug-likeness (QED) is 0.541. The molecule has 1 heteroatoms. The van der Waals surface area contributed by atoms with Crippen LogP contribution in [0.25, 0.3) is 0 Å². The molecule has 0 heterocycles. The van der Waals surface area contributed by atoms with E-state index in [0.29, 0.717) is 0 Å². The summed E-state index contributed by atoms with van der Waals surface area (Å²) in [6, 6.07) is 0. The molecule has 0 saturated carbocycles. The molecule has 0 nitrogen and oxygen atoms in total. The Kier molecular flexibility index (Phi) is 7.10. The Hall–Kier alpha value is 0.539. The van der Waals surface area contributed by atoms with Crippen molar-refractivity contribution in [2.24, 2.45) is 0 Å². The zero-order valence-corrected chi connectivity index (χ0v) is 14.5. The summed E-state index contributed by atoms with van der Waals surface area (Å²) in [5.74, 6) is 0. The molecule has 0 aliphatic heterocycles. The monoisotopic (exact) mass is 330 g/mol. The Morgan fingerprint density at radius 2 is 1.25 bits per heavy atom. The van der Waals surface area contributed by atoms with Crippen LogP contribution in [0.4, 0.5) is 0 Å². The number of rotatable bonds is 1. The predicted molar refractivity (Wildman–Crippen MR) is 77.6 cm³/mol. The molecule has 0 aromatic heterocycles. The summed E-state index contributed by atoms with van der Waals surface area (Å²) < 4.78 is 1.91. The van der Waals surface area contributed by atoms with E-state index in [0.717, 1.165) is 0 Å². The molecule has 0 atom stereocenters. The molecule has 0 aromatic carbocycles. The third kappa shape index (κ3) is 6.32. The Bertz CT molecular complexity index is 210. The van der Waals surface area contributed by atoms with E-state index < -0.39 is 18.4 Å². The van der Waals surface area contributed by atoms with Gasteiger partial charge in [0.25, 0.3) is 0 Å². The van der Waals surface area contributed by atoms with Gasteiger partial charge in [0.2, 0.25) is 0 Å². The van der Waals surface area contributed by atoms with E-state index >= 15 is 0 Å². The van der Waals surface area contributed by atoms with Crippen LogP contribution in [0.15, 0.2) is 9.67 Å². The standard InChI is InChI=1S/C12H21.3CH3.Sn/c1-2-4-6-8-10-12-11-9-7-5-3-1;;;;/h1H,2,4-12H2;3*1H3;. The first-order valence-corrected chi connectivity index (χ1v) is 17.3. The van der Waals surface area contributed by atoms with Gasteiger partial charge in [0.15, 0.2) is 0 Å². The molecule has 0 radical (unpaired) electrons. The van der Waals surface area contributed by atoms with Gasteiger partial charge in [0.1, 0.15) is 0 Å². The SMILES string of the molecule is [CH3][Sn]([CH3])([CH3])/[C]1=C/CCCCCCCCCC1. The van der Waals surface area contributed by atoms with Crippen LogP contribution in [0.3, 0.4) is 0 Å². The van der Waals surface area contributed by atoms with Gasteiger partial charge in [0.05, 0.1) is 0 Å². The molecule has 0 spiro atoms. The number of hydrogen-bond donors (Lipinski definition) is 0. The molecule has 1 aliphatic rings. The summed E-state index contributed by atoms with van der Waals surface area (Å²) in [5, 5.41) is 0. The molecule has 0 fully saturated rings. The van der Waals surface area contributed by atoms with Gasteiger partial charge in [-0.2, -0.15) is 0 Å². The van der Waals surface area contributed by atoms with Crippen molar-refractivity contribution in [3.05, 3.63) is 9.67 Å². The molecule has 0 saturated heterocycles. The predicted octanol–water partition coefficient (Wildman–Crippen LogP) is 5.70. The molecular formula is C15H30Sn. The fourth-order valence-electron chi connectivity index (χ4n) is 2.58. The normalized spacial score (nSPS) is 25.1. The van der Waals surface area contributed by atoms with Gasteiger partial charge in [-0.1, -0.05) is 0 Å². The maximum absolute atomic E-state index is 2.64. The van der Waals surface area contributed by atoms with Crippen molar-refractivity contribution in [1.29, 1.82) is 0 Å². The Labute approximate surface area is 107 Å². The fourth-order valence-corrected chi connectivity index (χ4v) is 7.38. The summed E-state index contributed by atoms with van der Waals surface area (Å²) in [7, 11) is 0. The van der Waals surface area contributed by atoms with Crippen LogP contribution < -0.4 is 0 Å². The van der Waals surface area contributed by atoms with Crippen molar-refractivity contribution in [2.45, 2.75) is 79.0 Å². The van der Waals surface area contributed by atoms with Gasteiger partial charge in [-0.25, -0.2) is 0 Å². The summed E-state index contributed by atoms with van der Waals surface area (Å²) in [6.45, 7) is 0.